The number of anilines is 1. The molecule has 22 heavy (non-hydrogen) atoms. The van der Waals surface area contributed by atoms with Gasteiger partial charge in [0.05, 0.1) is 6.10 Å². The predicted molar refractivity (Wildman–Crippen MR) is 80.2 cm³/mol. The average molecular weight is 302 g/mol. The lowest BCUT2D eigenvalue weighted by Crippen LogP contribution is -2.36. The van der Waals surface area contributed by atoms with Gasteiger partial charge in [0.1, 0.15) is 0 Å². The molecule has 3 rings (SSSR count). The molecule has 7 heteroatoms. The van der Waals surface area contributed by atoms with E-state index >= 15 is 0 Å². The molecule has 1 unspecified atom stereocenters. The molecule has 1 saturated heterocycles. The summed E-state index contributed by atoms with van der Waals surface area (Å²) in [4.78, 5) is 19.3. The minimum atomic E-state index is -0.634. The summed E-state index contributed by atoms with van der Waals surface area (Å²) < 4.78 is 5.29. The minimum Gasteiger partial charge on any atom is -0.389 e. The molecule has 116 valence electrons. The molecular weight excluding hydrogens is 284 g/mol. The van der Waals surface area contributed by atoms with Crippen molar-refractivity contribution in [3.63, 3.8) is 0 Å². The van der Waals surface area contributed by atoms with E-state index in [-0.39, 0.29) is 5.91 Å². The fourth-order valence-corrected chi connectivity index (χ4v) is 2.50. The van der Waals surface area contributed by atoms with E-state index in [4.69, 9.17) is 4.52 Å². The van der Waals surface area contributed by atoms with Crippen LogP contribution < -0.4 is 4.90 Å². The fourth-order valence-electron chi connectivity index (χ4n) is 2.50. The summed E-state index contributed by atoms with van der Waals surface area (Å²) in [6.07, 6.45) is -0.634. The summed E-state index contributed by atoms with van der Waals surface area (Å²) in [5.41, 5.74) is 0.849. The van der Waals surface area contributed by atoms with Gasteiger partial charge in [-0.05, 0) is 17.3 Å². The van der Waals surface area contributed by atoms with Gasteiger partial charge >= 0.3 is 0 Å². The lowest BCUT2D eigenvalue weighted by atomic mass is 10.2. The molecule has 0 aliphatic carbocycles. The molecule has 1 aliphatic rings. The molecule has 1 aromatic carbocycles. The third-order valence-corrected chi connectivity index (χ3v) is 3.67. The maximum Gasteiger partial charge on any atom is 0.266 e. The lowest BCUT2D eigenvalue weighted by molar-refractivity contribution is -0.129. The molecular formula is C15H18N4O3. The number of β-amino-alcohol motifs (C(OH)–C–C–N with tert-alkyl or cyclic N) is 1. The third kappa shape index (κ3) is 3.09. The normalized spacial score (nSPS) is 19.1. The van der Waals surface area contributed by atoms with Gasteiger partial charge in [-0.3, -0.25) is 4.79 Å². The van der Waals surface area contributed by atoms with Crippen molar-refractivity contribution in [3.8, 4) is 11.5 Å². The molecule has 1 aromatic heterocycles. The first-order chi connectivity index (χ1) is 10.6. The second kappa shape index (κ2) is 6.15. The van der Waals surface area contributed by atoms with Gasteiger partial charge < -0.3 is 19.4 Å². The molecule has 0 bridgehead atoms. The first-order valence-corrected chi connectivity index (χ1v) is 7.21. The van der Waals surface area contributed by atoms with Crippen molar-refractivity contribution in [2.24, 2.45) is 0 Å². The molecule has 1 fully saturated rings. The number of hydrogen-bond acceptors (Lipinski definition) is 6. The maximum absolute atomic E-state index is 11.5. The smallest absolute Gasteiger partial charge is 0.266 e. The van der Waals surface area contributed by atoms with Crippen molar-refractivity contribution < 1.29 is 14.4 Å². The molecule has 1 amide bonds. The van der Waals surface area contributed by atoms with Gasteiger partial charge in [-0.2, -0.15) is 4.98 Å². The number of aliphatic hydroxyl groups excluding tert-OH is 1. The molecule has 2 heterocycles. The van der Waals surface area contributed by atoms with Gasteiger partial charge in [0, 0.05) is 38.7 Å². The van der Waals surface area contributed by atoms with Gasteiger partial charge in [0.2, 0.25) is 5.91 Å². The van der Waals surface area contributed by atoms with E-state index in [2.05, 4.69) is 10.1 Å². The highest BCUT2D eigenvalue weighted by molar-refractivity contribution is 5.73. The van der Waals surface area contributed by atoms with Crippen LogP contribution in [0.25, 0.3) is 11.5 Å². The van der Waals surface area contributed by atoms with Crippen LogP contribution in [-0.4, -0.2) is 58.3 Å². The Balaban J connectivity index is 1.77. The third-order valence-electron chi connectivity index (χ3n) is 3.67. The molecule has 1 atom stereocenters. The summed E-state index contributed by atoms with van der Waals surface area (Å²) in [6.45, 7) is 3.29. The lowest BCUT2D eigenvalue weighted by Gasteiger charge is -2.19. The highest BCUT2D eigenvalue weighted by Crippen LogP contribution is 2.20. The Kier molecular flexibility index (Phi) is 4.06. The van der Waals surface area contributed by atoms with Gasteiger partial charge in [-0.25, -0.2) is 0 Å². The van der Waals surface area contributed by atoms with Gasteiger partial charge in [0.15, 0.2) is 0 Å². The Morgan fingerprint density at radius 2 is 2.05 bits per heavy atom. The zero-order chi connectivity index (χ0) is 15.5. The number of carbonyl (C=O) groups is 1. The van der Waals surface area contributed by atoms with Crippen molar-refractivity contribution in [1.82, 2.24) is 15.0 Å². The van der Waals surface area contributed by atoms with E-state index in [1.807, 2.05) is 35.2 Å². The molecule has 0 spiro atoms. The SMILES string of the molecule is CC(=O)N1CCN(c2noc(-c3ccccc3)n2)CC(O)C1. The standard InChI is InChI=1S/C15H18N4O3/c1-11(20)18-7-8-19(10-13(21)9-18)15-16-14(22-17-15)12-5-3-2-4-6-12/h2-6,13,21H,7-10H2,1H3. The highest BCUT2D eigenvalue weighted by Gasteiger charge is 2.25. The Labute approximate surface area is 128 Å². The monoisotopic (exact) mass is 302 g/mol. The van der Waals surface area contributed by atoms with Crippen LogP contribution in [0.4, 0.5) is 5.95 Å². The van der Waals surface area contributed by atoms with Crippen LogP contribution in [0.2, 0.25) is 0 Å². The fraction of sp³-hybridized carbons (Fsp3) is 0.400. The second-order valence-electron chi connectivity index (χ2n) is 5.33. The number of hydrogen-bond donors (Lipinski definition) is 1. The van der Waals surface area contributed by atoms with Crippen LogP contribution in [-0.2, 0) is 4.79 Å². The number of aliphatic hydroxyl groups is 1. The first kappa shape index (κ1) is 14.5. The molecule has 0 saturated carbocycles. The van der Waals surface area contributed by atoms with Crippen molar-refractivity contribution in [2.45, 2.75) is 13.0 Å². The van der Waals surface area contributed by atoms with E-state index in [1.165, 1.54) is 6.92 Å². The van der Waals surface area contributed by atoms with Crippen molar-refractivity contribution in [1.29, 1.82) is 0 Å². The molecule has 1 aliphatic heterocycles. The zero-order valence-corrected chi connectivity index (χ0v) is 12.3. The van der Waals surface area contributed by atoms with Crippen molar-refractivity contribution >= 4 is 11.9 Å². The number of nitrogens with zero attached hydrogens (tertiary/aromatic N) is 4. The van der Waals surface area contributed by atoms with E-state index < -0.39 is 6.10 Å². The highest BCUT2D eigenvalue weighted by atomic mass is 16.5. The van der Waals surface area contributed by atoms with Crippen LogP contribution >= 0.6 is 0 Å². The first-order valence-electron chi connectivity index (χ1n) is 7.21. The summed E-state index contributed by atoms with van der Waals surface area (Å²) in [5.74, 6) is 0.833. The largest absolute Gasteiger partial charge is 0.389 e. The zero-order valence-electron chi connectivity index (χ0n) is 12.3. The summed E-state index contributed by atoms with van der Waals surface area (Å²) in [7, 11) is 0. The molecule has 7 nitrogen and oxygen atoms in total. The number of carbonyl (C=O) groups excluding carboxylic acids is 1. The number of aromatic nitrogens is 2. The average Bonchev–Trinajstić information content (AvgIpc) is 2.92. The van der Waals surface area contributed by atoms with Crippen molar-refractivity contribution in [3.05, 3.63) is 30.3 Å². The molecule has 0 radical (unpaired) electrons. The van der Waals surface area contributed by atoms with Crippen LogP contribution in [0.5, 0.6) is 0 Å². The van der Waals surface area contributed by atoms with Gasteiger partial charge in [-0.15, -0.1) is 0 Å². The summed E-state index contributed by atoms with van der Waals surface area (Å²) in [6, 6.07) is 9.51. The second-order valence-corrected chi connectivity index (χ2v) is 5.33. The maximum atomic E-state index is 11.5. The number of amides is 1. The summed E-state index contributed by atoms with van der Waals surface area (Å²) in [5, 5.41) is 14.0. The minimum absolute atomic E-state index is 0.0426. The quantitative estimate of drug-likeness (QED) is 0.882. The van der Waals surface area contributed by atoms with E-state index in [9.17, 15) is 9.90 Å². The number of rotatable bonds is 2. The van der Waals surface area contributed by atoms with Crippen molar-refractivity contribution in [2.75, 3.05) is 31.1 Å². The van der Waals surface area contributed by atoms with Gasteiger partial charge in [-0.1, -0.05) is 18.2 Å². The predicted octanol–water partition coefficient (Wildman–Crippen LogP) is 0.766. The molecule has 1 N–H and O–H groups in total. The topological polar surface area (TPSA) is 82.7 Å². The Morgan fingerprint density at radius 1 is 1.27 bits per heavy atom. The van der Waals surface area contributed by atoms with E-state index in [0.29, 0.717) is 38.0 Å². The van der Waals surface area contributed by atoms with E-state index in [0.717, 1.165) is 5.56 Å². The van der Waals surface area contributed by atoms with Crippen LogP contribution in [0.1, 0.15) is 6.92 Å². The Hall–Kier alpha value is -2.41. The van der Waals surface area contributed by atoms with Crippen LogP contribution in [0, 0.1) is 0 Å². The van der Waals surface area contributed by atoms with E-state index in [1.54, 1.807) is 4.90 Å². The van der Waals surface area contributed by atoms with Crippen LogP contribution in [0.3, 0.4) is 0 Å². The Bertz CT molecular complexity index is 643. The van der Waals surface area contributed by atoms with Crippen LogP contribution in [0.15, 0.2) is 34.9 Å². The number of benzene rings is 1. The molecule has 2 aromatic rings. The summed E-state index contributed by atoms with van der Waals surface area (Å²) >= 11 is 0. The van der Waals surface area contributed by atoms with Gasteiger partial charge in [0.25, 0.3) is 11.8 Å². The Morgan fingerprint density at radius 3 is 2.77 bits per heavy atom.